The molecule has 102 valence electrons. The maximum Gasteiger partial charge on any atom is 0.214 e. The van der Waals surface area contributed by atoms with Crippen LogP contribution in [0.15, 0.2) is 6.20 Å². The lowest BCUT2D eigenvalue weighted by Gasteiger charge is -2.51. The summed E-state index contributed by atoms with van der Waals surface area (Å²) in [4.78, 5) is 7.77. The molecule has 4 rings (SSSR count). The topological polar surface area (TPSA) is 59.5 Å². The van der Waals surface area contributed by atoms with E-state index in [1.165, 1.54) is 25.7 Å². The van der Waals surface area contributed by atoms with Gasteiger partial charge in [0.1, 0.15) is 3.70 Å². The van der Waals surface area contributed by atoms with E-state index in [1.54, 1.807) is 11.3 Å². The lowest BCUT2D eigenvalue weighted by molar-refractivity contribution is 0.0713. The van der Waals surface area contributed by atoms with Gasteiger partial charge in [0.2, 0.25) is 10.1 Å². The molecule has 0 aromatic carbocycles. The van der Waals surface area contributed by atoms with Gasteiger partial charge < -0.3 is 10.6 Å². The molecule has 2 fully saturated rings. The second-order valence-corrected chi connectivity index (χ2v) is 7.85. The molecule has 19 heavy (non-hydrogen) atoms. The predicted molar refractivity (Wildman–Crippen MR) is 84.7 cm³/mol. The summed E-state index contributed by atoms with van der Waals surface area (Å²) in [6.45, 7) is 2.22. The zero-order valence-electron chi connectivity index (χ0n) is 10.5. The first-order chi connectivity index (χ1) is 9.15. The zero-order chi connectivity index (χ0) is 13.0. The van der Waals surface area contributed by atoms with Gasteiger partial charge in [0, 0.05) is 19.1 Å². The number of halogens is 1. The van der Waals surface area contributed by atoms with E-state index < -0.39 is 0 Å². The lowest BCUT2D eigenvalue weighted by atomic mass is 9.61. The van der Waals surface area contributed by atoms with Crippen LogP contribution in [0.4, 0.5) is 5.13 Å². The third-order valence-electron chi connectivity index (χ3n) is 4.52. The van der Waals surface area contributed by atoms with E-state index in [2.05, 4.69) is 37.6 Å². The van der Waals surface area contributed by atoms with Crippen LogP contribution in [0.1, 0.15) is 25.7 Å². The first-order valence-corrected chi connectivity index (χ1v) is 8.55. The Morgan fingerprint density at radius 3 is 2.74 bits per heavy atom. The first-order valence-electron chi connectivity index (χ1n) is 6.66. The molecule has 5 nitrogen and oxygen atoms in total. The number of fused-ring (bicyclic) bond motifs is 1. The van der Waals surface area contributed by atoms with Crippen molar-refractivity contribution in [2.24, 2.45) is 11.1 Å². The average Bonchev–Trinajstić information content (AvgIpc) is 2.92. The molecular weight excluding hydrogens is 373 g/mol. The SMILES string of the molecule is NC1CC2(CCN(c3nn4c(I)cnc4s3)CC2)C1. The highest BCUT2D eigenvalue weighted by Crippen LogP contribution is 2.48. The van der Waals surface area contributed by atoms with Crippen molar-refractivity contribution in [3.8, 4) is 0 Å². The summed E-state index contributed by atoms with van der Waals surface area (Å²) in [5.41, 5.74) is 6.50. The van der Waals surface area contributed by atoms with Crippen LogP contribution in [0.25, 0.3) is 4.96 Å². The number of hydrogen-bond acceptors (Lipinski definition) is 5. The number of anilines is 1. The van der Waals surface area contributed by atoms with E-state index in [1.807, 2.05) is 10.7 Å². The van der Waals surface area contributed by atoms with Gasteiger partial charge in [0.15, 0.2) is 0 Å². The van der Waals surface area contributed by atoms with Crippen LogP contribution in [0.2, 0.25) is 0 Å². The number of hydrogen-bond donors (Lipinski definition) is 1. The minimum absolute atomic E-state index is 0.455. The van der Waals surface area contributed by atoms with Crippen LogP contribution in [-0.4, -0.2) is 33.7 Å². The lowest BCUT2D eigenvalue weighted by Crippen LogP contribution is -2.52. The molecule has 0 unspecified atom stereocenters. The number of piperidine rings is 1. The number of nitrogens with two attached hydrogens (primary N) is 1. The number of imidazole rings is 1. The fourth-order valence-electron chi connectivity index (χ4n) is 3.42. The Labute approximate surface area is 129 Å². The van der Waals surface area contributed by atoms with Gasteiger partial charge >= 0.3 is 0 Å². The molecule has 2 aliphatic rings. The van der Waals surface area contributed by atoms with E-state index in [4.69, 9.17) is 5.73 Å². The van der Waals surface area contributed by atoms with Crippen LogP contribution >= 0.6 is 33.9 Å². The van der Waals surface area contributed by atoms with E-state index in [9.17, 15) is 0 Å². The molecule has 1 saturated heterocycles. The largest absolute Gasteiger partial charge is 0.347 e. The van der Waals surface area contributed by atoms with Gasteiger partial charge in [-0.3, -0.25) is 0 Å². The molecule has 1 spiro atoms. The third kappa shape index (κ3) is 1.97. The van der Waals surface area contributed by atoms with E-state index in [-0.39, 0.29) is 0 Å². The summed E-state index contributed by atoms with van der Waals surface area (Å²) in [6.07, 6.45) is 6.84. The van der Waals surface area contributed by atoms with Crippen LogP contribution in [0.5, 0.6) is 0 Å². The van der Waals surface area contributed by atoms with Crippen molar-refractivity contribution in [1.29, 1.82) is 0 Å². The Bertz CT molecular complexity index is 605. The molecule has 0 bridgehead atoms. The fourth-order valence-corrected chi connectivity index (χ4v) is 4.99. The molecule has 0 atom stereocenters. The van der Waals surface area contributed by atoms with Crippen LogP contribution in [-0.2, 0) is 0 Å². The molecule has 3 heterocycles. The van der Waals surface area contributed by atoms with E-state index in [0.717, 1.165) is 26.9 Å². The molecule has 0 amide bonds. The summed E-state index contributed by atoms with van der Waals surface area (Å²) in [5, 5.41) is 5.78. The molecule has 1 saturated carbocycles. The van der Waals surface area contributed by atoms with Gasteiger partial charge in [-0.25, -0.2) is 4.98 Å². The van der Waals surface area contributed by atoms with Crippen LogP contribution in [0, 0.1) is 9.12 Å². The highest BCUT2D eigenvalue weighted by atomic mass is 127. The second-order valence-electron chi connectivity index (χ2n) is 5.82. The maximum absolute atomic E-state index is 5.95. The molecule has 2 aromatic rings. The summed E-state index contributed by atoms with van der Waals surface area (Å²) in [7, 11) is 0. The molecular formula is C12H16IN5S. The van der Waals surface area contributed by atoms with Gasteiger partial charge in [-0.2, -0.15) is 4.52 Å². The summed E-state index contributed by atoms with van der Waals surface area (Å²) < 4.78 is 3.01. The molecule has 1 aliphatic heterocycles. The molecule has 2 aromatic heterocycles. The van der Waals surface area contributed by atoms with Crippen LogP contribution < -0.4 is 10.6 Å². The third-order valence-corrected chi connectivity index (χ3v) is 6.24. The second kappa shape index (κ2) is 4.29. The van der Waals surface area contributed by atoms with Crippen molar-refractivity contribution >= 4 is 44.0 Å². The fraction of sp³-hybridized carbons (Fsp3) is 0.667. The van der Waals surface area contributed by atoms with Crippen molar-refractivity contribution in [2.75, 3.05) is 18.0 Å². The quantitative estimate of drug-likeness (QED) is 0.760. The Hall–Kier alpha value is -0.410. The van der Waals surface area contributed by atoms with Crippen molar-refractivity contribution in [3.05, 3.63) is 9.90 Å². The highest BCUT2D eigenvalue weighted by Gasteiger charge is 2.44. The standard InChI is InChI=1S/C12H16IN5S/c13-9-7-15-10-18(9)16-11(19-10)17-3-1-12(2-4-17)5-8(14)6-12/h7-8H,1-6,14H2. The van der Waals surface area contributed by atoms with Crippen molar-refractivity contribution in [1.82, 2.24) is 14.6 Å². The van der Waals surface area contributed by atoms with E-state index in [0.29, 0.717) is 11.5 Å². The monoisotopic (exact) mass is 389 g/mol. The van der Waals surface area contributed by atoms with E-state index >= 15 is 0 Å². The summed E-state index contributed by atoms with van der Waals surface area (Å²) in [6, 6.07) is 0.455. The Balaban J connectivity index is 1.51. The van der Waals surface area contributed by atoms with Gasteiger partial charge in [-0.15, -0.1) is 5.10 Å². The minimum atomic E-state index is 0.455. The normalized spacial score (nSPS) is 23.2. The van der Waals surface area contributed by atoms with Gasteiger partial charge in [0.05, 0.1) is 6.20 Å². The average molecular weight is 389 g/mol. The molecule has 7 heteroatoms. The van der Waals surface area contributed by atoms with Crippen molar-refractivity contribution in [2.45, 2.75) is 31.7 Å². The van der Waals surface area contributed by atoms with Crippen LogP contribution in [0.3, 0.4) is 0 Å². The van der Waals surface area contributed by atoms with Gasteiger partial charge in [0.25, 0.3) is 0 Å². The summed E-state index contributed by atoms with van der Waals surface area (Å²) >= 11 is 3.96. The van der Waals surface area contributed by atoms with Gasteiger partial charge in [-0.1, -0.05) is 11.3 Å². The smallest absolute Gasteiger partial charge is 0.214 e. The Morgan fingerprint density at radius 2 is 2.11 bits per heavy atom. The number of aromatic nitrogens is 3. The highest BCUT2D eigenvalue weighted by molar-refractivity contribution is 14.1. The number of nitrogens with zero attached hydrogens (tertiary/aromatic N) is 4. The zero-order valence-corrected chi connectivity index (χ0v) is 13.5. The molecule has 1 aliphatic carbocycles. The Kier molecular flexibility index (Phi) is 2.79. The molecule has 0 radical (unpaired) electrons. The van der Waals surface area contributed by atoms with Gasteiger partial charge in [-0.05, 0) is 53.7 Å². The maximum atomic E-state index is 5.95. The first kappa shape index (κ1) is 12.3. The predicted octanol–water partition coefficient (Wildman–Crippen LogP) is 2.10. The number of rotatable bonds is 1. The van der Waals surface area contributed by atoms with Crippen molar-refractivity contribution in [3.63, 3.8) is 0 Å². The minimum Gasteiger partial charge on any atom is -0.347 e. The Morgan fingerprint density at radius 1 is 1.37 bits per heavy atom. The molecule has 2 N–H and O–H groups in total. The summed E-state index contributed by atoms with van der Waals surface area (Å²) in [5.74, 6) is 0. The van der Waals surface area contributed by atoms with Crippen molar-refractivity contribution < 1.29 is 0 Å².